The van der Waals surface area contributed by atoms with Crippen LogP contribution < -0.4 is 0 Å². The molecule has 0 aromatic carbocycles. The van der Waals surface area contributed by atoms with Gasteiger partial charge in [-0.25, -0.2) is 0 Å². The SMILES string of the molecule is CCCCCC1C=CC=CC(=O)C=CC=C1. The summed E-state index contributed by atoms with van der Waals surface area (Å²) in [6, 6.07) is 0. The molecule has 0 heterocycles. The first-order chi connectivity index (χ1) is 7.83. The van der Waals surface area contributed by atoms with E-state index in [2.05, 4.69) is 19.1 Å². The van der Waals surface area contributed by atoms with Gasteiger partial charge >= 0.3 is 0 Å². The molecule has 0 spiro atoms. The second-order valence-corrected chi connectivity index (χ2v) is 4.05. The molecule has 0 radical (unpaired) electrons. The highest BCUT2D eigenvalue weighted by Gasteiger charge is 1.99. The number of carbonyl (C=O) groups excluding carboxylic acids is 1. The molecule has 1 aliphatic rings. The molecule has 86 valence electrons. The summed E-state index contributed by atoms with van der Waals surface area (Å²) in [6.45, 7) is 2.22. The van der Waals surface area contributed by atoms with Gasteiger partial charge in [-0.1, -0.05) is 62.6 Å². The fourth-order valence-corrected chi connectivity index (χ4v) is 1.66. The van der Waals surface area contributed by atoms with Gasteiger partial charge in [0.1, 0.15) is 0 Å². The van der Waals surface area contributed by atoms with Crippen LogP contribution in [0.15, 0.2) is 48.6 Å². The zero-order valence-electron chi connectivity index (χ0n) is 9.93. The summed E-state index contributed by atoms with van der Waals surface area (Å²) in [7, 11) is 0. The zero-order valence-corrected chi connectivity index (χ0v) is 9.93. The number of hydrogen-bond acceptors (Lipinski definition) is 1. The van der Waals surface area contributed by atoms with Crippen LogP contribution >= 0.6 is 0 Å². The van der Waals surface area contributed by atoms with Gasteiger partial charge in [0, 0.05) is 0 Å². The minimum absolute atomic E-state index is 0.0405. The molecule has 0 unspecified atom stereocenters. The molecular formula is C15H20O. The third kappa shape index (κ3) is 5.50. The minimum atomic E-state index is 0.0405. The van der Waals surface area contributed by atoms with Crippen molar-refractivity contribution in [3.05, 3.63) is 48.6 Å². The van der Waals surface area contributed by atoms with Crippen LogP contribution in [0.5, 0.6) is 0 Å². The molecule has 0 saturated carbocycles. The molecule has 0 saturated heterocycles. The van der Waals surface area contributed by atoms with Gasteiger partial charge in [0.25, 0.3) is 0 Å². The van der Waals surface area contributed by atoms with E-state index in [1.165, 1.54) is 25.7 Å². The van der Waals surface area contributed by atoms with Crippen LogP contribution in [0.3, 0.4) is 0 Å². The topological polar surface area (TPSA) is 17.1 Å². The molecule has 0 aromatic heterocycles. The normalized spacial score (nSPS) is 20.3. The molecule has 0 aromatic rings. The Balaban J connectivity index is 2.54. The number of unbranched alkanes of at least 4 members (excludes halogenated alkanes) is 2. The quantitative estimate of drug-likeness (QED) is 0.649. The Hall–Kier alpha value is -1.37. The van der Waals surface area contributed by atoms with Gasteiger partial charge in [0.15, 0.2) is 5.78 Å². The molecule has 1 rings (SSSR count). The van der Waals surface area contributed by atoms with Crippen molar-refractivity contribution in [3.63, 3.8) is 0 Å². The Morgan fingerprint density at radius 2 is 1.62 bits per heavy atom. The lowest BCUT2D eigenvalue weighted by Crippen LogP contribution is -1.92. The van der Waals surface area contributed by atoms with E-state index in [9.17, 15) is 4.79 Å². The fraction of sp³-hybridized carbons (Fsp3) is 0.400. The number of hydrogen-bond donors (Lipinski definition) is 0. The number of carbonyl (C=O) groups is 1. The van der Waals surface area contributed by atoms with Crippen LogP contribution in [-0.4, -0.2) is 5.78 Å². The van der Waals surface area contributed by atoms with Crippen molar-refractivity contribution in [2.75, 3.05) is 0 Å². The summed E-state index contributed by atoms with van der Waals surface area (Å²) < 4.78 is 0. The van der Waals surface area contributed by atoms with Crippen molar-refractivity contribution < 1.29 is 4.79 Å². The predicted molar refractivity (Wildman–Crippen MR) is 69.2 cm³/mol. The van der Waals surface area contributed by atoms with Crippen LogP contribution in [0.1, 0.15) is 32.6 Å². The van der Waals surface area contributed by atoms with Crippen molar-refractivity contribution in [1.82, 2.24) is 0 Å². The second kappa shape index (κ2) is 7.86. The standard InChI is InChI=1S/C15H20O/c1-2-3-4-9-14-10-5-7-12-15(16)13-8-6-11-14/h5-8,10-14H,2-4,9H2,1H3. The van der Waals surface area contributed by atoms with E-state index in [1.807, 2.05) is 24.3 Å². The third-order valence-electron chi connectivity index (χ3n) is 2.60. The van der Waals surface area contributed by atoms with Crippen LogP contribution in [0.4, 0.5) is 0 Å². The maximum Gasteiger partial charge on any atom is 0.178 e. The Morgan fingerprint density at radius 1 is 1.00 bits per heavy atom. The molecule has 1 nitrogen and oxygen atoms in total. The first-order valence-electron chi connectivity index (χ1n) is 6.06. The van der Waals surface area contributed by atoms with Crippen LogP contribution in [0.2, 0.25) is 0 Å². The van der Waals surface area contributed by atoms with E-state index in [1.54, 1.807) is 12.2 Å². The summed E-state index contributed by atoms with van der Waals surface area (Å²) in [4.78, 5) is 11.2. The highest BCUT2D eigenvalue weighted by Crippen LogP contribution is 2.13. The maximum absolute atomic E-state index is 11.2. The van der Waals surface area contributed by atoms with E-state index in [-0.39, 0.29) is 5.78 Å². The molecule has 0 atom stereocenters. The summed E-state index contributed by atoms with van der Waals surface area (Å²) in [6.07, 6.45) is 20.1. The van der Waals surface area contributed by atoms with Crippen molar-refractivity contribution in [3.8, 4) is 0 Å². The molecule has 0 aliphatic heterocycles. The van der Waals surface area contributed by atoms with Crippen LogP contribution in [0.25, 0.3) is 0 Å². The van der Waals surface area contributed by atoms with Crippen molar-refractivity contribution >= 4 is 5.78 Å². The van der Waals surface area contributed by atoms with Crippen molar-refractivity contribution in [2.24, 2.45) is 5.92 Å². The Kier molecular flexibility index (Phi) is 6.24. The highest BCUT2D eigenvalue weighted by molar-refractivity contribution is 5.99. The molecule has 1 aliphatic carbocycles. The lowest BCUT2D eigenvalue weighted by atomic mass is 9.99. The second-order valence-electron chi connectivity index (χ2n) is 4.05. The molecule has 0 N–H and O–H groups in total. The van der Waals surface area contributed by atoms with Gasteiger partial charge in [-0.3, -0.25) is 4.79 Å². The van der Waals surface area contributed by atoms with Crippen molar-refractivity contribution in [2.45, 2.75) is 32.6 Å². The van der Waals surface area contributed by atoms with Crippen LogP contribution in [-0.2, 0) is 4.79 Å². The van der Waals surface area contributed by atoms with E-state index >= 15 is 0 Å². The third-order valence-corrected chi connectivity index (χ3v) is 2.60. The van der Waals surface area contributed by atoms with E-state index in [0.717, 1.165) is 0 Å². The van der Waals surface area contributed by atoms with Gasteiger partial charge in [-0.2, -0.15) is 0 Å². The van der Waals surface area contributed by atoms with Gasteiger partial charge in [-0.05, 0) is 24.5 Å². The lowest BCUT2D eigenvalue weighted by Gasteiger charge is -2.06. The summed E-state index contributed by atoms with van der Waals surface area (Å²) >= 11 is 0. The Morgan fingerprint density at radius 3 is 2.19 bits per heavy atom. The fourth-order valence-electron chi connectivity index (χ4n) is 1.66. The first-order valence-corrected chi connectivity index (χ1v) is 6.06. The van der Waals surface area contributed by atoms with Gasteiger partial charge in [0.05, 0.1) is 0 Å². The minimum Gasteiger partial charge on any atom is -0.290 e. The van der Waals surface area contributed by atoms with E-state index in [0.29, 0.717) is 5.92 Å². The molecule has 0 amide bonds. The maximum atomic E-state index is 11.2. The number of ketones is 1. The highest BCUT2D eigenvalue weighted by atomic mass is 16.1. The van der Waals surface area contributed by atoms with Crippen LogP contribution in [0, 0.1) is 5.92 Å². The predicted octanol–water partition coefficient (Wildman–Crippen LogP) is 3.99. The molecular weight excluding hydrogens is 196 g/mol. The summed E-state index contributed by atoms with van der Waals surface area (Å²) in [5.74, 6) is 0.535. The molecule has 0 bridgehead atoms. The average Bonchev–Trinajstić information content (AvgIpc) is 2.29. The van der Waals surface area contributed by atoms with Crippen molar-refractivity contribution in [1.29, 1.82) is 0 Å². The van der Waals surface area contributed by atoms with E-state index < -0.39 is 0 Å². The Labute approximate surface area is 98.2 Å². The molecule has 1 heteroatoms. The number of allylic oxidation sites excluding steroid dienone is 8. The largest absolute Gasteiger partial charge is 0.290 e. The lowest BCUT2D eigenvalue weighted by molar-refractivity contribution is -0.110. The molecule has 0 fully saturated rings. The van der Waals surface area contributed by atoms with Gasteiger partial charge in [0.2, 0.25) is 0 Å². The smallest absolute Gasteiger partial charge is 0.178 e. The Bertz CT molecular complexity index is 292. The average molecular weight is 216 g/mol. The zero-order chi connectivity index (χ0) is 11.6. The van der Waals surface area contributed by atoms with E-state index in [4.69, 9.17) is 0 Å². The summed E-state index contributed by atoms with van der Waals surface area (Å²) in [5, 5.41) is 0. The molecule has 16 heavy (non-hydrogen) atoms. The monoisotopic (exact) mass is 216 g/mol. The number of rotatable bonds is 4. The van der Waals surface area contributed by atoms with Gasteiger partial charge in [-0.15, -0.1) is 0 Å². The summed E-state index contributed by atoms with van der Waals surface area (Å²) in [5.41, 5.74) is 0. The van der Waals surface area contributed by atoms with Gasteiger partial charge < -0.3 is 0 Å². The first kappa shape index (κ1) is 12.7.